The first-order valence-corrected chi connectivity index (χ1v) is 13.3. The first-order valence-electron chi connectivity index (χ1n) is 11.3. The second kappa shape index (κ2) is 12.7. The summed E-state index contributed by atoms with van der Waals surface area (Å²) in [6.07, 6.45) is 1.03. The Balaban J connectivity index is 1.69. The van der Waals surface area contributed by atoms with Crippen molar-refractivity contribution in [2.75, 3.05) is 19.8 Å². The van der Waals surface area contributed by atoms with Crippen molar-refractivity contribution in [2.24, 2.45) is 0 Å². The van der Waals surface area contributed by atoms with Crippen molar-refractivity contribution in [3.63, 3.8) is 0 Å². The van der Waals surface area contributed by atoms with E-state index < -0.39 is 43.5 Å². The van der Waals surface area contributed by atoms with Gasteiger partial charge in [-0.1, -0.05) is 37.1 Å². The van der Waals surface area contributed by atoms with Gasteiger partial charge in [0, 0.05) is 11.8 Å². The molecule has 14 heteroatoms. The van der Waals surface area contributed by atoms with Crippen LogP contribution in [0, 0.1) is 6.92 Å². The summed E-state index contributed by atoms with van der Waals surface area (Å²) in [4.78, 5) is 38.2. The van der Waals surface area contributed by atoms with E-state index in [1.54, 1.807) is 25.1 Å². The molecule has 2 heterocycles. The average Bonchev–Trinajstić information content (AvgIpc) is 3.30. The number of aromatic nitrogens is 2. The minimum absolute atomic E-state index is 0.0251. The summed E-state index contributed by atoms with van der Waals surface area (Å²) in [6, 6.07) is 5.31. The fourth-order valence-electron chi connectivity index (χ4n) is 3.11. The van der Waals surface area contributed by atoms with Gasteiger partial charge in [0.2, 0.25) is 0 Å². The normalized spacial score (nSPS) is 20.0. The van der Waals surface area contributed by atoms with Gasteiger partial charge < -0.3 is 18.7 Å². The molecule has 0 amide bonds. The molecule has 0 bridgehead atoms. The smallest absolute Gasteiger partial charge is 0.459 e. The van der Waals surface area contributed by atoms with Crippen LogP contribution in [0.4, 0.5) is 0 Å². The minimum Gasteiger partial charge on any atom is -0.465 e. The molecule has 12 nitrogen and oxygen atoms in total. The van der Waals surface area contributed by atoms with E-state index in [4.69, 9.17) is 34.9 Å². The highest BCUT2D eigenvalue weighted by atomic mass is 35.5. The number of unbranched alkanes of at least 4 members (excludes halogenated alkanes) is 1. The molecule has 0 radical (unpaired) electrons. The lowest BCUT2D eigenvalue weighted by Gasteiger charge is -2.24. The van der Waals surface area contributed by atoms with Gasteiger partial charge in [-0.15, -0.1) is 0 Å². The molecule has 1 aliphatic heterocycles. The largest absolute Gasteiger partial charge is 0.465 e. The van der Waals surface area contributed by atoms with Gasteiger partial charge in [0.1, 0.15) is 18.4 Å². The molecule has 1 aromatic heterocycles. The maximum atomic E-state index is 13.6. The average molecular weight is 546 g/mol. The van der Waals surface area contributed by atoms with Gasteiger partial charge in [0.25, 0.3) is 5.56 Å². The third-order valence-electron chi connectivity index (χ3n) is 5.07. The van der Waals surface area contributed by atoms with E-state index in [-0.39, 0.29) is 30.6 Å². The van der Waals surface area contributed by atoms with E-state index in [1.807, 2.05) is 6.92 Å². The van der Waals surface area contributed by atoms with E-state index in [2.05, 4.69) is 10.1 Å². The van der Waals surface area contributed by atoms with Gasteiger partial charge in [0.15, 0.2) is 12.5 Å². The lowest BCUT2D eigenvalue weighted by Crippen LogP contribution is -2.36. The zero-order chi connectivity index (χ0) is 26.3. The molecule has 2 aromatic rings. The number of H-pyrrole nitrogens is 1. The number of hydrogen-bond donors (Lipinski definition) is 2. The Morgan fingerprint density at radius 1 is 1.36 bits per heavy atom. The summed E-state index contributed by atoms with van der Waals surface area (Å²) in [7, 11) is -4.20. The standard InChI is InChI=1S/C22H29ClN3O9P/c1-4-5-10-31-21(28)15(3)25-36(30,35-17-9-7-6-8-16(17)23)33-13-19-32-12-18(34-19)26-11-14(2)20(27)24-22(26)29/h6-9,11,15,18-19H,4-5,10,12-13H2,1-3H3,(H,25,30)(H,24,27,29)/t15-,18+,19+,36?/m0/s1. The van der Waals surface area contributed by atoms with Crippen LogP contribution < -0.4 is 20.9 Å². The summed E-state index contributed by atoms with van der Waals surface area (Å²) >= 11 is 6.14. The molecule has 1 fully saturated rings. The number of carbonyl (C=O) groups is 1. The van der Waals surface area contributed by atoms with Crippen molar-refractivity contribution in [1.29, 1.82) is 0 Å². The van der Waals surface area contributed by atoms with E-state index in [0.717, 1.165) is 6.42 Å². The summed E-state index contributed by atoms with van der Waals surface area (Å²) in [6.45, 7) is 4.80. The van der Waals surface area contributed by atoms with Crippen LogP contribution in [0.3, 0.4) is 0 Å². The molecule has 1 saturated heterocycles. The number of carbonyl (C=O) groups excluding carboxylic acids is 1. The SMILES string of the molecule is CCCCOC(=O)[C@H](C)NP(=O)(OC[C@@H]1OC[C@H](n2cc(C)c(=O)[nH]c2=O)O1)Oc1ccccc1Cl. The zero-order valence-corrected chi connectivity index (χ0v) is 21.8. The Morgan fingerprint density at radius 2 is 2.11 bits per heavy atom. The topological polar surface area (TPSA) is 147 Å². The van der Waals surface area contributed by atoms with Crippen LogP contribution in [0.2, 0.25) is 5.02 Å². The Labute approximate surface area is 212 Å². The molecule has 2 N–H and O–H groups in total. The van der Waals surface area contributed by atoms with Crippen LogP contribution in [0.1, 0.15) is 38.5 Å². The molecule has 4 atom stereocenters. The van der Waals surface area contributed by atoms with Gasteiger partial charge in [0.05, 0.1) is 18.2 Å². The number of nitrogens with one attached hydrogen (secondary N) is 2. The molecule has 36 heavy (non-hydrogen) atoms. The van der Waals surface area contributed by atoms with Crippen LogP contribution >= 0.6 is 19.3 Å². The van der Waals surface area contributed by atoms with Crippen molar-refractivity contribution in [2.45, 2.75) is 52.2 Å². The summed E-state index contributed by atoms with van der Waals surface area (Å²) in [5.74, 6) is -0.556. The summed E-state index contributed by atoms with van der Waals surface area (Å²) in [5, 5.41) is 2.74. The van der Waals surface area contributed by atoms with Crippen LogP contribution in [0.15, 0.2) is 40.1 Å². The Kier molecular flexibility index (Phi) is 9.89. The minimum atomic E-state index is -4.20. The number of para-hydroxylation sites is 1. The van der Waals surface area contributed by atoms with E-state index in [0.29, 0.717) is 12.0 Å². The van der Waals surface area contributed by atoms with Crippen molar-refractivity contribution < 1.29 is 32.6 Å². The number of aryl methyl sites for hydroxylation is 1. The van der Waals surface area contributed by atoms with Gasteiger partial charge >= 0.3 is 19.4 Å². The maximum absolute atomic E-state index is 13.6. The number of rotatable bonds is 12. The van der Waals surface area contributed by atoms with Crippen molar-refractivity contribution in [3.05, 3.63) is 61.9 Å². The van der Waals surface area contributed by atoms with Crippen LogP contribution in [-0.4, -0.2) is 47.7 Å². The molecule has 3 rings (SSSR count). The number of aromatic amines is 1. The zero-order valence-electron chi connectivity index (χ0n) is 20.1. The molecule has 0 aliphatic carbocycles. The summed E-state index contributed by atoms with van der Waals surface area (Å²) in [5.41, 5.74) is -0.841. The molecule has 198 valence electrons. The van der Waals surface area contributed by atoms with Crippen molar-refractivity contribution >= 4 is 25.3 Å². The second-order valence-corrected chi connectivity index (χ2v) is 10.1. The van der Waals surface area contributed by atoms with Gasteiger partial charge in [-0.25, -0.2) is 9.36 Å². The number of benzene rings is 1. The van der Waals surface area contributed by atoms with Crippen molar-refractivity contribution in [1.82, 2.24) is 14.6 Å². The quantitative estimate of drug-likeness (QED) is 0.232. The van der Waals surface area contributed by atoms with Crippen LogP contribution in [-0.2, 0) is 28.1 Å². The Morgan fingerprint density at radius 3 is 2.83 bits per heavy atom. The number of hydrogen-bond acceptors (Lipinski definition) is 9. The van der Waals surface area contributed by atoms with Gasteiger partial charge in [-0.3, -0.25) is 23.7 Å². The lowest BCUT2D eigenvalue weighted by atomic mass is 10.3. The second-order valence-electron chi connectivity index (χ2n) is 8.02. The monoisotopic (exact) mass is 545 g/mol. The maximum Gasteiger partial charge on any atom is 0.459 e. The van der Waals surface area contributed by atoms with E-state index in [1.165, 1.54) is 23.8 Å². The third kappa shape index (κ3) is 7.52. The van der Waals surface area contributed by atoms with E-state index in [9.17, 15) is 18.9 Å². The molecule has 0 spiro atoms. The highest BCUT2D eigenvalue weighted by Gasteiger charge is 2.36. The van der Waals surface area contributed by atoms with Gasteiger partial charge in [-0.2, -0.15) is 5.09 Å². The van der Waals surface area contributed by atoms with Crippen LogP contribution in [0.25, 0.3) is 0 Å². The highest BCUT2D eigenvalue weighted by Crippen LogP contribution is 2.47. The van der Waals surface area contributed by atoms with E-state index >= 15 is 0 Å². The highest BCUT2D eigenvalue weighted by molar-refractivity contribution is 7.52. The summed E-state index contributed by atoms with van der Waals surface area (Å²) < 4.78 is 42.3. The first kappa shape index (κ1) is 28.1. The Bertz CT molecular complexity index is 1220. The number of esters is 1. The lowest BCUT2D eigenvalue weighted by molar-refractivity contribution is -0.145. The third-order valence-corrected chi connectivity index (χ3v) is 7.01. The number of halogens is 1. The fourth-order valence-corrected chi connectivity index (χ4v) is 4.83. The predicted octanol–water partition coefficient (Wildman–Crippen LogP) is 2.90. The molecule has 1 aliphatic rings. The molecule has 1 aromatic carbocycles. The molecular formula is C22H29ClN3O9P. The van der Waals surface area contributed by atoms with Gasteiger partial charge in [-0.05, 0) is 32.4 Å². The number of nitrogens with zero attached hydrogens (tertiary/aromatic N) is 1. The molecule has 1 unspecified atom stereocenters. The predicted molar refractivity (Wildman–Crippen MR) is 130 cm³/mol. The first-order chi connectivity index (χ1) is 17.1. The molecule has 0 saturated carbocycles. The van der Waals surface area contributed by atoms with Crippen LogP contribution in [0.5, 0.6) is 5.75 Å². The Hall–Kier alpha value is -2.47. The molecular weight excluding hydrogens is 517 g/mol. The number of ether oxygens (including phenoxy) is 3. The van der Waals surface area contributed by atoms with Crippen molar-refractivity contribution in [3.8, 4) is 5.75 Å². The fraction of sp³-hybridized carbons (Fsp3) is 0.500.